The number of thiocarbonyl (C=S) groups is 1. The number of nitrogens with one attached hydrogen (secondary N) is 1. The summed E-state index contributed by atoms with van der Waals surface area (Å²) in [5, 5.41) is 2.83. The molecule has 21 heavy (non-hydrogen) atoms. The third kappa shape index (κ3) is 4.25. The van der Waals surface area contributed by atoms with Crippen molar-refractivity contribution in [2.45, 2.75) is 13.8 Å². The molecule has 1 heterocycles. The van der Waals surface area contributed by atoms with Gasteiger partial charge in [-0.25, -0.2) is 0 Å². The number of carbonyl (C=O) groups is 1. The molecule has 7 heteroatoms. The van der Waals surface area contributed by atoms with Gasteiger partial charge in [-0.05, 0) is 26.0 Å². The Morgan fingerprint density at radius 2 is 2.05 bits per heavy atom. The van der Waals surface area contributed by atoms with Gasteiger partial charge in [-0.2, -0.15) is 0 Å². The van der Waals surface area contributed by atoms with E-state index in [1.807, 2.05) is 18.7 Å². The van der Waals surface area contributed by atoms with Crippen LogP contribution in [0.5, 0.6) is 11.5 Å². The molecule has 0 spiro atoms. The first kappa shape index (κ1) is 15.9. The van der Waals surface area contributed by atoms with Crippen LogP contribution in [0.2, 0.25) is 0 Å². The van der Waals surface area contributed by atoms with E-state index in [0.717, 1.165) is 17.4 Å². The molecule has 114 valence electrons. The molecule has 1 aromatic rings. The highest BCUT2D eigenvalue weighted by Gasteiger charge is 2.14. The first-order chi connectivity index (χ1) is 10.1. The lowest BCUT2D eigenvalue weighted by Gasteiger charge is -2.20. The summed E-state index contributed by atoms with van der Waals surface area (Å²) in [6, 6.07) is 5.33. The van der Waals surface area contributed by atoms with E-state index in [4.69, 9.17) is 21.7 Å². The van der Waals surface area contributed by atoms with Crippen LogP contribution in [0.1, 0.15) is 13.8 Å². The maximum Gasteiger partial charge on any atom is 0.234 e. The SMILES string of the molecule is CCN(CC)C(=S)SCC(=O)Nc1ccc2c(c1)OCO2. The molecule has 2 rings (SSSR count). The molecule has 0 aliphatic carbocycles. The summed E-state index contributed by atoms with van der Waals surface area (Å²) >= 11 is 6.67. The number of fused-ring (bicyclic) bond motifs is 1. The standard InChI is InChI=1S/C14H18N2O3S2/c1-3-16(4-2)14(20)21-8-13(17)15-10-5-6-11-12(7-10)19-9-18-11/h5-7H,3-4,8-9H2,1-2H3,(H,15,17). The number of amides is 1. The number of carbonyl (C=O) groups excluding carboxylic acids is 1. The summed E-state index contributed by atoms with van der Waals surface area (Å²) < 4.78 is 11.3. The Morgan fingerprint density at radius 1 is 1.33 bits per heavy atom. The van der Waals surface area contributed by atoms with E-state index in [1.54, 1.807) is 18.2 Å². The van der Waals surface area contributed by atoms with Crippen LogP contribution in [-0.4, -0.2) is 40.8 Å². The molecule has 1 aromatic carbocycles. The zero-order valence-corrected chi connectivity index (χ0v) is 13.7. The van der Waals surface area contributed by atoms with Crippen molar-refractivity contribution >= 4 is 39.9 Å². The number of benzene rings is 1. The summed E-state index contributed by atoms with van der Waals surface area (Å²) in [5.74, 6) is 1.56. The second-order valence-corrected chi connectivity index (χ2v) is 5.95. The van der Waals surface area contributed by atoms with Crippen molar-refractivity contribution in [1.29, 1.82) is 0 Å². The van der Waals surface area contributed by atoms with E-state index < -0.39 is 0 Å². The van der Waals surface area contributed by atoms with E-state index in [1.165, 1.54) is 11.8 Å². The summed E-state index contributed by atoms with van der Waals surface area (Å²) in [7, 11) is 0. The lowest BCUT2D eigenvalue weighted by atomic mass is 10.3. The molecular weight excluding hydrogens is 308 g/mol. The highest BCUT2D eigenvalue weighted by molar-refractivity contribution is 8.23. The molecule has 1 aliphatic heterocycles. The smallest absolute Gasteiger partial charge is 0.234 e. The van der Waals surface area contributed by atoms with Crippen molar-refractivity contribution in [3.8, 4) is 11.5 Å². The monoisotopic (exact) mass is 326 g/mol. The first-order valence-corrected chi connectivity index (χ1v) is 8.14. The Balaban J connectivity index is 1.83. The van der Waals surface area contributed by atoms with E-state index in [2.05, 4.69) is 5.32 Å². The Kier molecular flexibility index (Phi) is 5.69. The maximum atomic E-state index is 11.9. The summed E-state index contributed by atoms with van der Waals surface area (Å²) in [4.78, 5) is 14.0. The van der Waals surface area contributed by atoms with Gasteiger partial charge in [-0.15, -0.1) is 0 Å². The molecule has 0 unspecified atom stereocenters. The van der Waals surface area contributed by atoms with Crippen LogP contribution in [0.3, 0.4) is 0 Å². The maximum absolute atomic E-state index is 11.9. The lowest BCUT2D eigenvalue weighted by Crippen LogP contribution is -2.28. The van der Waals surface area contributed by atoms with Gasteiger partial charge in [0, 0.05) is 24.8 Å². The van der Waals surface area contributed by atoms with Gasteiger partial charge < -0.3 is 19.7 Å². The van der Waals surface area contributed by atoms with Gasteiger partial charge in [-0.1, -0.05) is 24.0 Å². The molecule has 1 aliphatic rings. The minimum Gasteiger partial charge on any atom is -0.454 e. The summed E-state index contributed by atoms with van der Waals surface area (Å²) in [5.41, 5.74) is 0.693. The second kappa shape index (κ2) is 7.51. The third-order valence-electron chi connectivity index (χ3n) is 3.00. The Labute approximate surface area is 134 Å². The van der Waals surface area contributed by atoms with Crippen molar-refractivity contribution < 1.29 is 14.3 Å². The zero-order chi connectivity index (χ0) is 15.2. The van der Waals surface area contributed by atoms with Gasteiger partial charge in [0.2, 0.25) is 12.7 Å². The largest absolute Gasteiger partial charge is 0.454 e. The minimum atomic E-state index is -0.0895. The number of nitrogens with zero attached hydrogens (tertiary/aromatic N) is 1. The topological polar surface area (TPSA) is 50.8 Å². The molecule has 0 atom stereocenters. The molecule has 0 saturated heterocycles. The Bertz CT molecular complexity index is 533. The van der Waals surface area contributed by atoms with Crippen LogP contribution in [0.4, 0.5) is 5.69 Å². The number of hydrogen-bond donors (Lipinski definition) is 1. The average molecular weight is 326 g/mol. The van der Waals surface area contributed by atoms with Crippen LogP contribution in [0.15, 0.2) is 18.2 Å². The number of thioether (sulfide) groups is 1. The van der Waals surface area contributed by atoms with E-state index in [9.17, 15) is 4.79 Å². The van der Waals surface area contributed by atoms with Crippen molar-refractivity contribution in [3.05, 3.63) is 18.2 Å². The fourth-order valence-electron chi connectivity index (χ4n) is 1.87. The fraction of sp³-hybridized carbons (Fsp3) is 0.429. The Hall–Kier alpha value is -1.47. The zero-order valence-electron chi connectivity index (χ0n) is 12.0. The van der Waals surface area contributed by atoms with Crippen molar-refractivity contribution in [2.75, 3.05) is 31.0 Å². The highest BCUT2D eigenvalue weighted by Crippen LogP contribution is 2.34. The van der Waals surface area contributed by atoms with Crippen LogP contribution in [0.25, 0.3) is 0 Å². The van der Waals surface area contributed by atoms with Crippen molar-refractivity contribution in [3.63, 3.8) is 0 Å². The number of anilines is 1. The van der Waals surface area contributed by atoms with Crippen LogP contribution >= 0.6 is 24.0 Å². The normalized spacial score (nSPS) is 12.1. The number of hydrogen-bond acceptors (Lipinski definition) is 5. The first-order valence-electron chi connectivity index (χ1n) is 6.75. The molecular formula is C14H18N2O3S2. The molecule has 1 N–H and O–H groups in total. The lowest BCUT2D eigenvalue weighted by molar-refractivity contribution is -0.113. The summed E-state index contributed by atoms with van der Waals surface area (Å²) in [6.07, 6.45) is 0. The van der Waals surface area contributed by atoms with Gasteiger partial charge in [-0.3, -0.25) is 4.79 Å². The second-order valence-electron chi connectivity index (χ2n) is 4.34. The van der Waals surface area contributed by atoms with Crippen LogP contribution in [0, 0.1) is 0 Å². The molecule has 0 radical (unpaired) electrons. The van der Waals surface area contributed by atoms with Gasteiger partial charge in [0.1, 0.15) is 4.32 Å². The van der Waals surface area contributed by atoms with Crippen molar-refractivity contribution in [2.24, 2.45) is 0 Å². The summed E-state index contributed by atoms with van der Waals surface area (Å²) in [6.45, 7) is 6.02. The number of rotatable bonds is 5. The van der Waals surface area contributed by atoms with Crippen LogP contribution in [-0.2, 0) is 4.79 Å². The van der Waals surface area contributed by atoms with E-state index >= 15 is 0 Å². The fourth-order valence-corrected chi connectivity index (χ4v) is 3.07. The third-order valence-corrected chi connectivity index (χ3v) is 4.53. The molecule has 0 saturated carbocycles. The van der Waals surface area contributed by atoms with E-state index in [-0.39, 0.29) is 12.7 Å². The quantitative estimate of drug-likeness (QED) is 0.840. The predicted molar refractivity (Wildman–Crippen MR) is 89.2 cm³/mol. The Morgan fingerprint density at radius 3 is 2.76 bits per heavy atom. The van der Waals surface area contributed by atoms with E-state index in [0.29, 0.717) is 22.9 Å². The van der Waals surface area contributed by atoms with Gasteiger partial charge in [0.15, 0.2) is 11.5 Å². The number of ether oxygens (including phenoxy) is 2. The molecule has 0 bridgehead atoms. The predicted octanol–water partition coefficient (Wildman–Crippen LogP) is 2.71. The molecule has 0 aromatic heterocycles. The minimum absolute atomic E-state index is 0.0895. The highest BCUT2D eigenvalue weighted by atomic mass is 32.2. The molecule has 5 nitrogen and oxygen atoms in total. The van der Waals surface area contributed by atoms with Gasteiger partial charge in [0.25, 0.3) is 0 Å². The average Bonchev–Trinajstić information content (AvgIpc) is 2.94. The van der Waals surface area contributed by atoms with Gasteiger partial charge in [0.05, 0.1) is 5.75 Å². The molecule has 0 fully saturated rings. The van der Waals surface area contributed by atoms with Gasteiger partial charge >= 0.3 is 0 Å². The molecule has 1 amide bonds. The van der Waals surface area contributed by atoms with Crippen LogP contribution < -0.4 is 14.8 Å². The van der Waals surface area contributed by atoms with Crippen molar-refractivity contribution in [1.82, 2.24) is 4.90 Å².